The van der Waals surface area contributed by atoms with E-state index in [-0.39, 0.29) is 6.10 Å². The van der Waals surface area contributed by atoms with Crippen LogP contribution in [-0.4, -0.2) is 44.8 Å². The van der Waals surface area contributed by atoms with Gasteiger partial charge in [0.05, 0.1) is 17.6 Å². The Balaban J connectivity index is 1.74. The summed E-state index contributed by atoms with van der Waals surface area (Å²) in [6.45, 7) is 4.07. The van der Waals surface area contributed by atoms with Crippen LogP contribution >= 0.6 is 15.9 Å². The summed E-state index contributed by atoms with van der Waals surface area (Å²) in [7, 11) is 0. The molecule has 1 saturated heterocycles. The molecule has 0 aromatic carbocycles. The first kappa shape index (κ1) is 13.4. The number of aromatic amines is 1. The van der Waals surface area contributed by atoms with E-state index in [0.717, 1.165) is 23.3 Å². The van der Waals surface area contributed by atoms with Crippen LogP contribution in [0.2, 0.25) is 0 Å². The van der Waals surface area contributed by atoms with Gasteiger partial charge < -0.3 is 9.64 Å². The second-order valence-corrected chi connectivity index (χ2v) is 5.42. The number of morpholine rings is 1. The van der Waals surface area contributed by atoms with Gasteiger partial charge in [-0.1, -0.05) is 6.92 Å². The maximum absolute atomic E-state index is 5.75. The van der Waals surface area contributed by atoms with Gasteiger partial charge in [0.15, 0.2) is 5.82 Å². The minimum absolute atomic E-state index is 0.146. The SMILES string of the molecule is CCc1nc(C2CN(c3ncc(Br)cn3)CCO2)n[nH]1. The average molecular weight is 339 g/mol. The molecule has 2 aromatic heterocycles. The quantitative estimate of drug-likeness (QED) is 0.913. The molecule has 0 saturated carbocycles. The molecule has 1 aliphatic rings. The minimum atomic E-state index is -0.146. The number of hydrogen-bond acceptors (Lipinski definition) is 6. The van der Waals surface area contributed by atoms with Crippen molar-refractivity contribution in [2.24, 2.45) is 0 Å². The van der Waals surface area contributed by atoms with E-state index in [1.165, 1.54) is 0 Å². The number of nitrogens with zero attached hydrogens (tertiary/aromatic N) is 5. The summed E-state index contributed by atoms with van der Waals surface area (Å²) in [4.78, 5) is 15.1. The summed E-state index contributed by atoms with van der Waals surface area (Å²) in [6.07, 6.45) is 4.18. The summed E-state index contributed by atoms with van der Waals surface area (Å²) >= 11 is 3.34. The second-order valence-electron chi connectivity index (χ2n) is 4.50. The fourth-order valence-corrected chi connectivity index (χ4v) is 2.27. The number of nitrogens with one attached hydrogen (secondary N) is 1. The van der Waals surface area contributed by atoms with Crippen molar-refractivity contribution in [1.29, 1.82) is 0 Å². The standard InChI is InChI=1S/C12H15BrN6O/c1-2-10-16-11(18-17-10)9-7-19(3-4-20-9)12-14-5-8(13)6-15-12/h5-6,9H,2-4,7H2,1H3,(H,16,17,18). The molecule has 0 bridgehead atoms. The summed E-state index contributed by atoms with van der Waals surface area (Å²) in [5.74, 6) is 2.28. The molecule has 0 amide bonds. The number of aryl methyl sites for hydroxylation is 1. The van der Waals surface area contributed by atoms with Gasteiger partial charge in [0.1, 0.15) is 11.9 Å². The highest BCUT2D eigenvalue weighted by Crippen LogP contribution is 2.22. The van der Waals surface area contributed by atoms with Gasteiger partial charge in [-0.2, -0.15) is 5.10 Å². The molecule has 1 unspecified atom stereocenters. The topological polar surface area (TPSA) is 79.8 Å². The van der Waals surface area contributed by atoms with Gasteiger partial charge in [-0.15, -0.1) is 0 Å². The van der Waals surface area contributed by atoms with E-state index >= 15 is 0 Å². The van der Waals surface area contributed by atoms with Gasteiger partial charge in [-0.3, -0.25) is 5.10 Å². The molecule has 0 aliphatic carbocycles. The molecule has 1 aliphatic heterocycles. The van der Waals surface area contributed by atoms with Gasteiger partial charge in [-0.05, 0) is 15.9 Å². The van der Waals surface area contributed by atoms with Crippen LogP contribution in [0.3, 0.4) is 0 Å². The van der Waals surface area contributed by atoms with Crippen LogP contribution in [-0.2, 0) is 11.2 Å². The van der Waals surface area contributed by atoms with Gasteiger partial charge in [0.2, 0.25) is 5.95 Å². The van der Waals surface area contributed by atoms with E-state index in [9.17, 15) is 0 Å². The number of ether oxygens (including phenoxy) is 1. The van der Waals surface area contributed by atoms with Gasteiger partial charge in [0, 0.05) is 25.4 Å². The Morgan fingerprint density at radius 1 is 1.45 bits per heavy atom. The van der Waals surface area contributed by atoms with Crippen LogP contribution in [0.25, 0.3) is 0 Å². The molecule has 1 N–H and O–H groups in total. The lowest BCUT2D eigenvalue weighted by Crippen LogP contribution is -2.39. The van der Waals surface area contributed by atoms with Crippen molar-refractivity contribution in [2.45, 2.75) is 19.4 Å². The summed E-state index contributed by atoms with van der Waals surface area (Å²) in [6, 6.07) is 0. The Labute approximate surface area is 124 Å². The van der Waals surface area contributed by atoms with Gasteiger partial charge >= 0.3 is 0 Å². The molecule has 2 aromatic rings. The molecule has 1 fully saturated rings. The minimum Gasteiger partial charge on any atom is -0.366 e. The van der Waals surface area contributed by atoms with Gasteiger partial charge in [-0.25, -0.2) is 15.0 Å². The highest BCUT2D eigenvalue weighted by molar-refractivity contribution is 9.10. The first-order valence-electron chi connectivity index (χ1n) is 6.51. The largest absolute Gasteiger partial charge is 0.366 e. The summed E-state index contributed by atoms with van der Waals surface area (Å²) in [5.41, 5.74) is 0. The van der Waals surface area contributed by atoms with Crippen molar-refractivity contribution in [3.63, 3.8) is 0 Å². The van der Waals surface area contributed by atoms with Crippen LogP contribution in [0.15, 0.2) is 16.9 Å². The number of halogens is 1. The zero-order chi connectivity index (χ0) is 13.9. The Hall–Kier alpha value is -1.54. The van der Waals surface area contributed by atoms with E-state index in [1.807, 2.05) is 6.92 Å². The number of H-pyrrole nitrogens is 1. The van der Waals surface area contributed by atoms with Gasteiger partial charge in [0.25, 0.3) is 0 Å². The van der Waals surface area contributed by atoms with Crippen LogP contribution in [0.1, 0.15) is 24.7 Å². The molecule has 7 nitrogen and oxygen atoms in total. The average Bonchev–Trinajstić information content (AvgIpc) is 2.97. The highest BCUT2D eigenvalue weighted by atomic mass is 79.9. The van der Waals surface area contributed by atoms with Crippen LogP contribution in [0.5, 0.6) is 0 Å². The third kappa shape index (κ3) is 2.80. The van der Waals surface area contributed by atoms with Crippen LogP contribution in [0, 0.1) is 0 Å². The number of anilines is 1. The Bertz CT molecular complexity index is 572. The fourth-order valence-electron chi connectivity index (χ4n) is 2.07. The predicted octanol–water partition coefficient (Wildman–Crippen LogP) is 1.50. The molecular weight excluding hydrogens is 324 g/mol. The number of aromatic nitrogens is 5. The monoisotopic (exact) mass is 338 g/mol. The van der Waals surface area contributed by atoms with Crippen molar-refractivity contribution in [1.82, 2.24) is 25.1 Å². The lowest BCUT2D eigenvalue weighted by molar-refractivity contribution is 0.0337. The normalized spacial score (nSPS) is 19.3. The fraction of sp³-hybridized carbons (Fsp3) is 0.500. The van der Waals surface area contributed by atoms with Crippen molar-refractivity contribution in [3.8, 4) is 0 Å². The number of hydrogen-bond donors (Lipinski definition) is 1. The molecule has 20 heavy (non-hydrogen) atoms. The highest BCUT2D eigenvalue weighted by Gasteiger charge is 2.26. The first-order valence-corrected chi connectivity index (χ1v) is 7.31. The van der Waals surface area contributed by atoms with E-state index < -0.39 is 0 Å². The van der Waals surface area contributed by atoms with Crippen molar-refractivity contribution in [2.75, 3.05) is 24.6 Å². The molecule has 3 heterocycles. The summed E-state index contributed by atoms with van der Waals surface area (Å²) < 4.78 is 6.61. The molecule has 1 atom stereocenters. The smallest absolute Gasteiger partial charge is 0.225 e. The molecule has 0 radical (unpaired) electrons. The maximum atomic E-state index is 5.75. The molecular formula is C12H15BrN6O. The maximum Gasteiger partial charge on any atom is 0.225 e. The Morgan fingerprint density at radius 2 is 2.25 bits per heavy atom. The lowest BCUT2D eigenvalue weighted by atomic mass is 10.2. The molecule has 8 heteroatoms. The second kappa shape index (κ2) is 5.84. The van der Waals surface area contributed by atoms with E-state index in [0.29, 0.717) is 24.9 Å². The summed E-state index contributed by atoms with van der Waals surface area (Å²) in [5, 5.41) is 7.13. The van der Waals surface area contributed by atoms with Crippen molar-refractivity contribution < 1.29 is 4.74 Å². The zero-order valence-electron chi connectivity index (χ0n) is 11.1. The van der Waals surface area contributed by atoms with E-state index in [1.54, 1.807) is 12.4 Å². The molecule has 106 valence electrons. The zero-order valence-corrected chi connectivity index (χ0v) is 12.7. The van der Waals surface area contributed by atoms with Crippen LogP contribution in [0.4, 0.5) is 5.95 Å². The Kier molecular flexibility index (Phi) is 3.93. The lowest BCUT2D eigenvalue weighted by Gasteiger charge is -2.31. The Morgan fingerprint density at radius 3 is 2.95 bits per heavy atom. The van der Waals surface area contributed by atoms with E-state index in [2.05, 4.69) is 46.0 Å². The van der Waals surface area contributed by atoms with Crippen molar-refractivity contribution >= 4 is 21.9 Å². The predicted molar refractivity (Wildman–Crippen MR) is 76.4 cm³/mol. The number of rotatable bonds is 3. The third-order valence-electron chi connectivity index (χ3n) is 3.13. The van der Waals surface area contributed by atoms with E-state index in [4.69, 9.17) is 4.74 Å². The van der Waals surface area contributed by atoms with Crippen LogP contribution < -0.4 is 4.90 Å². The molecule has 0 spiro atoms. The first-order chi connectivity index (χ1) is 9.76. The third-order valence-corrected chi connectivity index (χ3v) is 3.54. The molecule has 3 rings (SSSR count). The van der Waals surface area contributed by atoms with Crippen molar-refractivity contribution in [3.05, 3.63) is 28.5 Å².